The first-order chi connectivity index (χ1) is 11.1. The van der Waals surface area contributed by atoms with Crippen LogP contribution in [0.25, 0.3) is 5.53 Å². The van der Waals surface area contributed by atoms with E-state index in [9.17, 15) is 9.59 Å². The molecule has 0 aliphatic carbocycles. The number of carbonyl (C=O) groups is 2. The van der Waals surface area contributed by atoms with Crippen LogP contribution in [0.2, 0.25) is 0 Å². The molecule has 0 heterocycles. The predicted octanol–water partition coefficient (Wildman–Crippen LogP) is 2.46. The lowest BCUT2D eigenvalue weighted by atomic mass is 9.89. The summed E-state index contributed by atoms with van der Waals surface area (Å²) in [6, 6.07) is 7.60. The number of hydrogen-bond donors (Lipinski definition) is 0. The molecule has 0 saturated heterocycles. The average Bonchev–Trinajstić information content (AvgIpc) is 2.59. The Hall–Kier alpha value is -2.46. The monoisotopic (exact) mass is 318 g/mol. The number of esters is 1. The van der Waals surface area contributed by atoms with E-state index < -0.39 is 17.5 Å². The molecule has 0 N–H and O–H groups in total. The molecule has 6 heteroatoms. The molecule has 1 unspecified atom stereocenters. The topological polar surface area (TPSA) is 89.0 Å². The second kappa shape index (κ2) is 9.54. The molecule has 1 atom stereocenters. The van der Waals surface area contributed by atoms with E-state index in [4.69, 9.17) is 10.3 Å². The highest BCUT2D eigenvalue weighted by molar-refractivity contribution is 6.62. The highest BCUT2D eigenvalue weighted by atomic mass is 16.5. The molecular formula is C17H22N2O4. The number of Topliss-reactive ketones (excluding diaryl/α,β-unsaturated/α-hetero) is 1. The zero-order valence-electron chi connectivity index (χ0n) is 13.7. The SMILES string of the molecule is CCCC(CCc1ccc(OC)cc1)C(=O)C(=[N+]=[N-])C(=O)OC. The summed E-state index contributed by atoms with van der Waals surface area (Å²) in [7, 11) is 2.75. The molecule has 124 valence electrons. The largest absolute Gasteiger partial charge is 0.497 e. The quantitative estimate of drug-likeness (QED) is 0.230. The maximum Gasteiger partial charge on any atom is 0.441 e. The van der Waals surface area contributed by atoms with Crippen molar-refractivity contribution in [2.45, 2.75) is 32.6 Å². The zero-order chi connectivity index (χ0) is 17.2. The Kier molecular flexibility index (Phi) is 7.71. The van der Waals surface area contributed by atoms with Gasteiger partial charge in [0.15, 0.2) is 0 Å². The van der Waals surface area contributed by atoms with Crippen LogP contribution >= 0.6 is 0 Å². The number of ketones is 1. The summed E-state index contributed by atoms with van der Waals surface area (Å²) < 4.78 is 9.58. The fourth-order valence-electron chi connectivity index (χ4n) is 2.37. The van der Waals surface area contributed by atoms with E-state index in [0.29, 0.717) is 19.3 Å². The summed E-state index contributed by atoms with van der Waals surface area (Å²) in [4.78, 5) is 26.7. The smallest absolute Gasteiger partial charge is 0.441 e. The number of carbonyl (C=O) groups excluding carboxylic acids is 2. The van der Waals surface area contributed by atoms with Gasteiger partial charge in [-0.2, -0.15) is 4.79 Å². The predicted molar refractivity (Wildman–Crippen MR) is 85.4 cm³/mol. The van der Waals surface area contributed by atoms with Gasteiger partial charge in [0.2, 0.25) is 0 Å². The molecule has 1 aromatic rings. The third kappa shape index (κ3) is 5.34. The molecular weight excluding hydrogens is 296 g/mol. The lowest BCUT2D eigenvalue weighted by Gasteiger charge is -2.12. The van der Waals surface area contributed by atoms with Gasteiger partial charge in [0.1, 0.15) is 5.75 Å². The summed E-state index contributed by atoms with van der Waals surface area (Å²) >= 11 is 0. The second-order valence-electron chi connectivity index (χ2n) is 5.18. The molecule has 6 nitrogen and oxygen atoms in total. The molecule has 1 aromatic carbocycles. The number of benzene rings is 1. The van der Waals surface area contributed by atoms with Gasteiger partial charge < -0.3 is 15.0 Å². The normalized spacial score (nSPS) is 11.3. The summed E-state index contributed by atoms with van der Waals surface area (Å²) in [6.07, 6.45) is 2.65. The van der Waals surface area contributed by atoms with E-state index >= 15 is 0 Å². The molecule has 0 radical (unpaired) electrons. The van der Waals surface area contributed by atoms with Crippen LogP contribution in [0.15, 0.2) is 24.3 Å². The van der Waals surface area contributed by atoms with E-state index in [1.807, 2.05) is 31.2 Å². The number of hydrogen-bond acceptors (Lipinski definition) is 4. The minimum Gasteiger partial charge on any atom is -0.497 e. The highest BCUT2D eigenvalue weighted by Crippen LogP contribution is 2.19. The first kappa shape index (κ1) is 18.6. The van der Waals surface area contributed by atoms with Crippen LogP contribution in [-0.4, -0.2) is 36.5 Å². The van der Waals surface area contributed by atoms with Gasteiger partial charge >= 0.3 is 11.7 Å². The van der Waals surface area contributed by atoms with Crippen LogP contribution in [-0.2, 0) is 20.7 Å². The van der Waals surface area contributed by atoms with E-state index in [2.05, 4.69) is 9.53 Å². The molecule has 0 fully saturated rings. The molecule has 1 rings (SSSR count). The molecule has 0 aliphatic rings. The van der Waals surface area contributed by atoms with Crippen molar-refractivity contribution in [3.63, 3.8) is 0 Å². The maximum absolute atomic E-state index is 12.4. The summed E-state index contributed by atoms with van der Waals surface area (Å²) in [5.41, 5.74) is 9.44. The summed E-state index contributed by atoms with van der Waals surface area (Å²) in [5, 5.41) is 0. The lowest BCUT2D eigenvalue weighted by Crippen LogP contribution is -2.32. The van der Waals surface area contributed by atoms with Crippen LogP contribution in [0, 0.1) is 5.92 Å². The summed E-state index contributed by atoms with van der Waals surface area (Å²) in [5.74, 6) is -1.000. The van der Waals surface area contributed by atoms with Crippen molar-refractivity contribution >= 4 is 17.5 Å². The van der Waals surface area contributed by atoms with Gasteiger partial charge in [-0.05, 0) is 37.0 Å². The molecule has 0 saturated carbocycles. The van der Waals surface area contributed by atoms with Crippen molar-refractivity contribution in [3.05, 3.63) is 35.4 Å². The third-order valence-electron chi connectivity index (χ3n) is 3.66. The van der Waals surface area contributed by atoms with E-state index in [-0.39, 0.29) is 5.92 Å². The Morgan fingerprint density at radius 1 is 1.17 bits per heavy atom. The van der Waals surface area contributed by atoms with Gasteiger partial charge in [-0.25, -0.2) is 4.79 Å². The van der Waals surface area contributed by atoms with Crippen molar-refractivity contribution in [3.8, 4) is 5.75 Å². The molecule has 0 amide bonds. The van der Waals surface area contributed by atoms with E-state index in [0.717, 1.165) is 24.8 Å². The Balaban J connectivity index is 2.79. The molecule has 0 bridgehead atoms. The summed E-state index contributed by atoms with van der Waals surface area (Å²) in [6.45, 7) is 1.96. The number of methoxy groups -OCH3 is 2. The Morgan fingerprint density at radius 3 is 2.30 bits per heavy atom. The average molecular weight is 318 g/mol. The number of ether oxygens (including phenoxy) is 2. The first-order valence-corrected chi connectivity index (χ1v) is 7.54. The molecule has 0 aromatic heterocycles. The highest BCUT2D eigenvalue weighted by Gasteiger charge is 2.35. The van der Waals surface area contributed by atoms with Crippen LogP contribution in [0.1, 0.15) is 31.7 Å². The molecule has 23 heavy (non-hydrogen) atoms. The van der Waals surface area contributed by atoms with Crippen LogP contribution < -0.4 is 4.74 Å². The van der Waals surface area contributed by atoms with Crippen LogP contribution in [0.5, 0.6) is 5.75 Å². The Labute approximate surface area is 136 Å². The maximum atomic E-state index is 12.4. The van der Waals surface area contributed by atoms with Crippen molar-refractivity contribution in [1.82, 2.24) is 0 Å². The van der Waals surface area contributed by atoms with E-state index in [1.54, 1.807) is 7.11 Å². The van der Waals surface area contributed by atoms with Crippen LogP contribution in [0.4, 0.5) is 0 Å². The molecule has 0 aliphatic heterocycles. The number of nitrogens with zero attached hydrogens (tertiary/aromatic N) is 2. The standard InChI is InChI=1S/C17H22N2O4/c1-4-5-13(16(20)15(19-18)17(21)23-3)9-6-12-7-10-14(22-2)11-8-12/h7-8,10-11,13H,4-6,9H2,1-3H3. The van der Waals surface area contributed by atoms with Crippen molar-refractivity contribution in [2.24, 2.45) is 5.92 Å². The Bertz CT molecular complexity index is 589. The van der Waals surface area contributed by atoms with Gasteiger partial charge in [0.25, 0.3) is 5.78 Å². The fourth-order valence-corrected chi connectivity index (χ4v) is 2.37. The van der Waals surface area contributed by atoms with Crippen LogP contribution in [0.3, 0.4) is 0 Å². The van der Waals surface area contributed by atoms with E-state index in [1.165, 1.54) is 0 Å². The zero-order valence-corrected chi connectivity index (χ0v) is 13.7. The van der Waals surface area contributed by atoms with Gasteiger partial charge in [-0.1, -0.05) is 25.5 Å². The third-order valence-corrected chi connectivity index (χ3v) is 3.66. The number of aryl methyl sites for hydroxylation is 1. The minimum absolute atomic E-state index is 0.382. The van der Waals surface area contributed by atoms with Gasteiger partial charge in [0.05, 0.1) is 14.2 Å². The Morgan fingerprint density at radius 2 is 1.83 bits per heavy atom. The van der Waals surface area contributed by atoms with Gasteiger partial charge in [-0.15, -0.1) is 0 Å². The van der Waals surface area contributed by atoms with Crippen molar-refractivity contribution in [1.29, 1.82) is 0 Å². The van der Waals surface area contributed by atoms with Crippen molar-refractivity contribution in [2.75, 3.05) is 14.2 Å². The fraction of sp³-hybridized carbons (Fsp3) is 0.471. The number of rotatable bonds is 9. The van der Waals surface area contributed by atoms with Crippen molar-refractivity contribution < 1.29 is 23.9 Å². The van der Waals surface area contributed by atoms with Gasteiger partial charge in [-0.3, -0.25) is 4.79 Å². The lowest BCUT2D eigenvalue weighted by molar-refractivity contribution is -0.140. The minimum atomic E-state index is -0.914. The molecule has 0 spiro atoms. The second-order valence-corrected chi connectivity index (χ2v) is 5.18. The van der Waals surface area contributed by atoms with Gasteiger partial charge in [0, 0.05) is 5.92 Å². The first-order valence-electron chi connectivity index (χ1n) is 7.54.